The van der Waals surface area contributed by atoms with Crippen LogP contribution < -0.4 is 16.0 Å². The van der Waals surface area contributed by atoms with Gasteiger partial charge in [-0.3, -0.25) is 4.79 Å². The highest BCUT2D eigenvalue weighted by atomic mass is 127. The first-order chi connectivity index (χ1) is 15.1. The van der Waals surface area contributed by atoms with E-state index >= 15 is 0 Å². The van der Waals surface area contributed by atoms with E-state index < -0.39 is 0 Å². The number of aromatic nitrogens is 2. The Bertz CT molecular complexity index is 1120. The highest BCUT2D eigenvalue weighted by molar-refractivity contribution is 14.0. The fraction of sp³-hybridized carbons (Fsp3) is 0.292. The number of halogens is 1. The largest absolute Gasteiger partial charge is 0.357 e. The van der Waals surface area contributed by atoms with Crippen LogP contribution in [0.25, 0.3) is 11.0 Å². The molecule has 0 aliphatic carbocycles. The number of carbonyl (C=O) groups excluding carboxylic acids is 1. The highest BCUT2D eigenvalue weighted by Gasteiger charge is 2.07. The minimum Gasteiger partial charge on any atom is -0.357 e. The molecule has 2 aromatic carbocycles. The molecule has 0 radical (unpaired) electrons. The van der Waals surface area contributed by atoms with Crippen LogP contribution in [-0.4, -0.2) is 41.1 Å². The van der Waals surface area contributed by atoms with Crippen LogP contribution in [0, 0.1) is 19.3 Å². The van der Waals surface area contributed by atoms with E-state index in [2.05, 4.69) is 42.5 Å². The Labute approximate surface area is 206 Å². The van der Waals surface area contributed by atoms with Gasteiger partial charge in [0.15, 0.2) is 5.96 Å². The Kier molecular flexibility index (Phi) is 10.0. The van der Waals surface area contributed by atoms with E-state index in [4.69, 9.17) is 6.42 Å². The topological polar surface area (TPSA) is 83.3 Å². The van der Waals surface area contributed by atoms with Crippen molar-refractivity contribution in [3.05, 3.63) is 59.9 Å². The predicted molar refractivity (Wildman–Crippen MR) is 141 cm³/mol. The summed E-state index contributed by atoms with van der Waals surface area (Å²) >= 11 is 0. The van der Waals surface area contributed by atoms with Gasteiger partial charge >= 0.3 is 0 Å². The lowest BCUT2D eigenvalue weighted by Crippen LogP contribution is -2.38. The number of aryl methyl sites for hydroxylation is 2. The van der Waals surface area contributed by atoms with E-state index in [1.54, 1.807) is 12.1 Å². The molecule has 168 valence electrons. The van der Waals surface area contributed by atoms with Gasteiger partial charge < -0.3 is 20.5 Å². The van der Waals surface area contributed by atoms with Crippen molar-refractivity contribution in [1.82, 2.24) is 20.2 Å². The number of fused-ring (bicyclic) bond motifs is 1. The molecule has 0 aliphatic heterocycles. The maximum atomic E-state index is 12.2. The van der Waals surface area contributed by atoms with E-state index in [9.17, 15) is 4.79 Å². The van der Waals surface area contributed by atoms with Crippen LogP contribution in [0.3, 0.4) is 0 Å². The molecular formula is C24H29IN6O. The SMILES string of the molecule is C#Cc1cccc(NC(=O)CN=C(NCC)NCCCn2c(C)nc3ccccc32)c1.I. The first-order valence-corrected chi connectivity index (χ1v) is 10.4. The molecule has 1 aromatic heterocycles. The fourth-order valence-electron chi connectivity index (χ4n) is 3.30. The lowest BCUT2D eigenvalue weighted by molar-refractivity contribution is -0.114. The molecular weight excluding hydrogens is 515 g/mol. The zero-order chi connectivity index (χ0) is 22.1. The number of terminal acetylenes is 1. The molecule has 0 spiro atoms. The Morgan fingerprint density at radius 3 is 2.78 bits per heavy atom. The van der Waals surface area contributed by atoms with Crippen molar-refractivity contribution in [2.75, 3.05) is 25.0 Å². The van der Waals surface area contributed by atoms with E-state index in [-0.39, 0.29) is 36.4 Å². The summed E-state index contributed by atoms with van der Waals surface area (Å²) in [4.78, 5) is 21.2. The number of nitrogens with one attached hydrogen (secondary N) is 3. The van der Waals surface area contributed by atoms with Crippen molar-refractivity contribution >= 4 is 52.6 Å². The van der Waals surface area contributed by atoms with Crippen molar-refractivity contribution in [2.45, 2.75) is 26.8 Å². The number of hydrogen-bond donors (Lipinski definition) is 3. The minimum atomic E-state index is -0.202. The van der Waals surface area contributed by atoms with Gasteiger partial charge in [-0.05, 0) is 50.6 Å². The molecule has 0 aliphatic rings. The highest BCUT2D eigenvalue weighted by Crippen LogP contribution is 2.15. The number of rotatable bonds is 8. The second-order valence-electron chi connectivity index (χ2n) is 7.05. The van der Waals surface area contributed by atoms with Crippen molar-refractivity contribution in [3.8, 4) is 12.3 Å². The molecule has 7 nitrogen and oxygen atoms in total. The predicted octanol–water partition coefficient (Wildman–Crippen LogP) is 3.53. The Hall–Kier alpha value is -3.06. The summed E-state index contributed by atoms with van der Waals surface area (Å²) in [5, 5.41) is 9.27. The molecule has 1 heterocycles. The molecule has 3 N–H and O–H groups in total. The van der Waals surface area contributed by atoms with Crippen LogP contribution in [0.5, 0.6) is 0 Å². The quantitative estimate of drug-likeness (QED) is 0.133. The average Bonchev–Trinajstić information content (AvgIpc) is 3.10. The van der Waals surface area contributed by atoms with Gasteiger partial charge in [0, 0.05) is 30.9 Å². The lowest BCUT2D eigenvalue weighted by atomic mass is 10.2. The smallest absolute Gasteiger partial charge is 0.246 e. The summed E-state index contributed by atoms with van der Waals surface area (Å²) in [5.74, 6) is 3.97. The monoisotopic (exact) mass is 544 g/mol. The van der Waals surface area contributed by atoms with Gasteiger partial charge in [0.25, 0.3) is 0 Å². The molecule has 0 bridgehead atoms. The third-order valence-electron chi connectivity index (χ3n) is 4.73. The number of hydrogen-bond acceptors (Lipinski definition) is 3. The van der Waals surface area contributed by atoms with Crippen LogP contribution in [0.1, 0.15) is 24.7 Å². The van der Waals surface area contributed by atoms with Crippen LogP contribution in [-0.2, 0) is 11.3 Å². The molecule has 0 atom stereocenters. The zero-order valence-electron chi connectivity index (χ0n) is 18.4. The number of guanidine groups is 1. The standard InChI is InChI=1S/C24H28N6O.HI/c1-4-19-10-8-11-20(16-19)29-23(31)17-27-24(25-5-2)26-14-9-15-30-18(3)28-21-12-6-7-13-22(21)30;/h1,6-8,10-13,16H,5,9,14-15,17H2,2-3H3,(H,29,31)(H2,25,26,27);1H. The molecule has 1 amide bonds. The summed E-state index contributed by atoms with van der Waals surface area (Å²) < 4.78 is 2.22. The van der Waals surface area contributed by atoms with E-state index in [0.29, 0.717) is 18.2 Å². The summed E-state index contributed by atoms with van der Waals surface area (Å²) in [6, 6.07) is 15.3. The zero-order valence-corrected chi connectivity index (χ0v) is 20.7. The van der Waals surface area contributed by atoms with Crippen LogP contribution in [0.15, 0.2) is 53.5 Å². The second-order valence-corrected chi connectivity index (χ2v) is 7.05. The third kappa shape index (κ3) is 6.99. The molecule has 8 heteroatoms. The van der Waals surface area contributed by atoms with Crippen LogP contribution in [0.4, 0.5) is 5.69 Å². The number of amides is 1. The van der Waals surface area contributed by atoms with Gasteiger partial charge in [0.2, 0.25) is 5.91 Å². The average molecular weight is 544 g/mol. The molecule has 0 saturated carbocycles. The van der Waals surface area contributed by atoms with Gasteiger partial charge in [-0.15, -0.1) is 30.4 Å². The fourth-order valence-corrected chi connectivity index (χ4v) is 3.30. The van der Waals surface area contributed by atoms with Gasteiger partial charge in [-0.25, -0.2) is 9.98 Å². The molecule has 0 saturated heterocycles. The second kappa shape index (κ2) is 12.7. The first kappa shape index (κ1) is 25.2. The lowest BCUT2D eigenvalue weighted by Gasteiger charge is -2.12. The van der Waals surface area contributed by atoms with Crippen molar-refractivity contribution in [3.63, 3.8) is 0 Å². The third-order valence-corrected chi connectivity index (χ3v) is 4.73. The maximum absolute atomic E-state index is 12.2. The number of aliphatic imine (C=N–C) groups is 1. The summed E-state index contributed by atoms with van der Waals surface area (Å²) in [7, 11) is 0. The minimum absolute atomic E-state index is 0. The number of nitrogens with zero attached hydrogens (tertiary/aromatic N) is 3. The van der Waals surface area contributed by atoms with Gasteiger partial charge in [-0.1, -0.05) is 24.1 Å². The molecule has 0 fully saturated rings. The van der Waals surface area contributed by atoms with Gasteiger partial charge in [-0.2, -0.15) is 0 Å². The molecule has 3 aromatic rings. The van der Waals surface area contributed by atoms with Crippen molar-refractivity contribution in [1.29, 1.82) is 0 Å². The normalized spacial score (nSPS) is 10.8. The van der Waals surface area contributed by atoms with E-state index in [1.807, 2.05) is 44.2 Å². The Morgan fingerprint density at radius 1 is 1.19 bits per heavy atom. The Morgan fingerprint density at radius 2 is 2.00 bits per heavy atom. The first-order valence-electron chi connectivity index (χ1n) is 10.4. The maximum Gasteiger partial charge on any atom is 0.246 e. The van der Waals surface area contributed by atoms with Crippen LogP contribution >= 0.6 is 24.0 Å². The number of anilines is 1. The van der Waals surface area contributed by atoms with Crippen molar-refractivity contribution in [2.24, 2.45) is 4.99 Å². The van der Waals surface area contributed by atoms with Crippen molar-refractivity contribution < 1.29 is 4.79 Å². The molecule has 0 unspecified atom stereocenters. The Balaban J connectivity index is 0.00000363. The number of benzene rings is 2. The summed E-state index contributed by atoms with van der Waals surface area (Å²) in [6.45, 7) is 6.32. The van der Waals surface area contributed by atoms with E-state index in [1.165, 1.54) is 0 Å². The number of para-hydroxylation sites is 2. The summed E-state index contributed by atoms with van der Waals surface area (Å²) in [6.07, 6.45) is 6.30. The van der Waals surface area contributed by atoms with Crippen LogP contribution in [0.2, 0.25) is 0 Å². The van der Waals surface area contributed by atoms with Gasteiger partial charge in [0.1, 0.15) is 12.4 Å². The summed E-state index contributed by atoms with van der Waals surface area (Å²) in [5.41, 5.74) is 3.54. The van der Waals surface area contributed by atoms with E-state index in [0.717, 1.165) is 41.9 Å². The van der Waals surface area contributed by atoms with Gasteiger partial charge in [0.05, 0.1) is 11.0 Å². The number of carbonyl (C=O) groups is 1. The molecule has 32 heavy (non-hydrogen) atoms. The number of imidazole rings is 1. The molecule has 3 rings (SSSR count).